The van der Waals surface area contributed by atoms with Crippen LogP contribution in [-0.4, -0.2) is 28.3 Å². The van der Waals surface area contributed by atoms with Crippen LogP contribution in [0.1, 0.15) is 47.8 Å². The highest BCUT2D eigenvalue weighted by molar-refractivity contribution is 6.34. The Morgan fingerprint density at radius 3 is 2.47 bits per heavy atom. The van der Waals surface area contributed by atoms with Gasteiger partial charge in [-0.25, -0.2) is 8.78 Å². The molecule has 0 atom stereocenters. The maximum absolute atomic E-state index is 12.6. The van der Waals surface area contributed by atoms with Gasteiger partial charge >= 0.3 is 0 Å². The SMILES string of the molecule is CC(=O)N(CC1CC1)c1ccc(-c2ccc(C(=O)NCc3ccc(C(F)F)nc3)cn2)cc1Cl. The van der Waals surface area contributed by atoms with Crippen LogP contribution >= 0.6 is 11.6 Å². The second-order valence-corrected chi connectivity index (χ2v) is 8.65. The molecule has 0 aliphatic heterocycles. The zero-order valence-corrected chi connectivity index (χ0v) is 19.2. The van der Waals surface area contributed by atoms with Gasteiger partial charge in [0.2, 0.25) is 5.91 Å². The Hall–Kier alpha value is -3.39. The first-order chi connectivity index (χ1) is 16.3. The van der Waals surface area contributed by atoms with Crippen molar-refractivity contribution in [2.45, 2.75) is 32.7 Å². The van der Waals surface area contributed by atoms with Gasteiger partial charge in [-0.15, -0.1) is 0 Å². The molecule has 6 nitrogen and oxygen atoms in total. The molecule has 3 aromatic rings. The molecule has 1 aromatic carbocycles. The van der Waals surface area contributed by atoms with Gasteiger partial charge in [0.25, 0.3) is 12.3 Å². The number of carbonyl (C=O) groups excluding carboxylic acids is 2. The third-order valence-electron chi connectivity index (χ3n) is 5.60. The lowest BCUT2D eigenvalue weighted by Gasteiger charge is -2.22. The van der Waals surface area contributed by atoms with E-state index in [0.717, 1.165) is 18.4 Å². The first-order valence-corrected chi connectivity index (χ1v) is 11.2. The summed E-state index contributed by atoms with van der Waals surface area (Å²) in [5, 5.41) is 3.18. The molecule has 1 N–H and O–H groups in total. The minimum absolute atomic E-state index is 0.0456. The normalized spacial score (nSPS) is 13.1. The molecule has 34 heavy (non-hydrogen) atoms. The van der Waals surface area contributed by atoms with Gasteiger partial charge in [0.05, 0.1) is 22.0 Å². The number of halogens is 3. The summed E-state index contributed by atoms with van der Waals surface area (Å²) >= 11 is 6.50. The second kappa shape index (κ2) is 10.3. The fourth-order valence-electron chi connectivity index (χ4n) is 3.49. The Morgan fingerprint density at radius 1 is 1.12 bits per heavy atom. The monoisotopic (exact) mass is 484 g/mol. The lowest BCUT2D eigenvalue weighted by molar-refractivity contribution is -0.116. The lowest BCUT2D eigenvalue weighted by Crippen LogP contribution is -2.30. The van der Waals surface area contributed by atoms with Crippen LogP contribution in [0.4, 0.5) is 14.5 Å². The summed E-state index contributed by atoms with van der Waals surface area (Å²) in [7, 11) is 0. The number of alkyl halides is 2. The van der Waals surface area contributed by atoms with E-state index in [2.05, 4.69) is 15.3 Å². The summed E-state index contributed by atoms with van der Waals surface area (Å²) in [4.78, 5) is 34.3. The molecule has 0 unspecified atom stereocenters. The van der Waals surface area contributed by atoms with Gasteiger partial charge in [0.1, 0.15) is 5.69 Å². The van der Waals surface area contributed by atoms with E-state index in [4.69, 9.17) is 11.6 Å². The predicted octanol–water partition coefficient (Wildman–Crippen LogP) is 5.43. The number of amides is 2. The molecule has 1 aliphatic carbocycles. The lowest BCUT2D eigenvalue weighted by atomic mass is 10.1. The summed E-state index contributed by atoms with van der Waals surface area (Å²) in [6.45, 7) is 2.36. The second-order valence-electron chi connectivity index (χ2n) is 8.25. The van der Waals surface area contributed by atoms with Crippen molar-refractivity contribution >= 4 is 29.1 Å². The molecular weight excluding hydrogens is 462 g/mol. The van der Waals surface area contributed by atoms with Gasteiger partial charge in [-0.3, -0.25) is 19.6 Å². The van der Waals surface area contributed by atoms with Gasteiger partial charge < -0.3 is 10.2 Å². The summed E-state index contributed by atoms with van der Waals surface area (Å²) in [6, 6.07) is 11.5. The van der Waals surface area contributed by atoms with Crippen LogP contribution in [0.3, 0.4) is 0 Å². The molecule has 9 heteroatoms. The molecule has 0 saturated heterocycles. The van der Waals surface area contributed by atoms with E-state index in [9.17, 15) is 18.4 Å². The van der Waals surface area contributed by atoms with Gasteiger partial charge in [0.15, 0.2) is 0 Å². The van der Waals surface area contributed by atoms with Crippen LogP contribution in [0.25, 0.3) is 11.3 Å². The van der Waals surface area contributed by atoms with E-state index in [1.807, 2.05) is 12.1 Å². The molecule has 0 bridgehead atoms. The third-order valence-corrected chi connectivity index (χ3v) is 5.90. The predicted molar refractivity (Wildman–Crippen MR) is 126 cm³/mol. The third kappa shape index (κ3) is 5.75. The molecule has 0 radical (unpaired) electrons. The Kier molecular flexibility index (Phi) is 7.17. The number of hydrogen-bond acceptors (Lipinski definition) is 4. The van der Waals surface area contributed by atoms with Crippen molar-refractivity contribution in [1.29, 1.82) is 0 Å². The molecule has 176 valence electrons. The molecule has 1 saturated carbocycles. The van der Waals surface area contributed by atoms with Crippen molar-refractivity contribution in [2.24, 2.45) is 5.92 Å². The largest absolute Gasteiger partial charge is 0.348 e. The molecule has 0 spiro atoms. The number of nitrogens with zero attached hydrogens (tertiary/aromatic N) is 3. The van der Waals surface area contributed by atoms with Crippen molar-refractivity contribution in [3.05, 3.63) is 76.7 Å². The van der Waals surface area contributed by atoms with Gasteiger partial charge in [-0.1, -0.05) is 23.7 Å². The highest BCUT2D eigenvalue weighted by atomic mass is 35.5. The van der Waals surface area contributed by atoms with E-state index in [-0.39, 0.29) is 24.1 Å². The van der Waals surface area contributed by atoms with Crippen LogP contribution in [0.2, 0.25) is 5.02 Å². The standard InChI is InChI=1S/C25H23ClF2N4O2/c1-15(33)32(14-16-2-3-16)23-9-6-18(10-20(23)26)21-8-5-19(13-30-21)25(34)31-12-17-4-7-22(24(27)28)29-11-17/h4-11,13,16,24H,2-3,12,14H2,1H3,(H,31,34). The molecular formula is C25H23ClF2N4O2. The summed E-state index contributed by atoms with van der Waals surface area (Å²) in [5.41, 5.74) is 2.74. The van der Waals surface area contributed by atoms with Crippen LogP contribution in [0, 0.1) is 5.92 Å². The molecule has 1 fully saturated rings. The fraction of sp³-hybridized carbons (Fsp3) is 0.280. The van der Waals surface area contributed by atoms with Crippen molar-refractivity contribution in [2.75, 3.05) is 11.4 Å². The van der Waals surface area contributed by atoms with E-state index in [1.165, 1.54) is 31.5 Å². The summed E-state index contributed by atoms with van der Waals surface area (Å²) in [6.07, 6.45) is 2.40. The smallest absolute Gasteiger partial charge is 0.280 e. The van der Waals surface area contributed by atoms with Crippen LogP contribution in [0.5, 0.6) is 0 Å². The number of aromatic nitrogens is 2. The van der Waals surface area contributed by atoms with Gasteiger partial charge in [-0.05, 0) is 54.7 Å². The van der Waals surface area contributed by atoms with E-state index in [1.54, 1.807) is 23.1 Å². The zero-order chi connectivity index (χ0) is 24.2. The molecule has 2 heterocycles. The van der Waals surface area contributed by atoms with Crippen LogP contribution < -0.4 is 10.2 Å². The summed E-state index contributed by atoms with van der Waals surface area (Å²) in [5.74, 6) is 0.145. The Bertz CT molecular complexity index is 1180. The van der Waals surface area contributed by atoms with Gasteiger partial charge in [0, 0.05) is 38.0 Å². The molecule has 1 aliphatic rings. The highest BCUT2D eigenvalue weighted by Crippen LogP contribution is 2.35. The maximum Gasteiger partial charge on any atom is 0.280 e. The highest BCUT2D eigenvalue weighted by Gasteiger charge is 2.27. The topological polar surface area (TPSA) is 75.2 Å². The van der Waals surface area contributed by atoms with Crippen LogP contribution in [0.15, 0.2) is 54.9 Å². The molecule has 2 aromatic heterocycles. The van der Waals surface area contributed by atoms with E-state index < -0.39 is 6.43 Å². The Morgan fingerprint density at radius 2 is 1.91 bits per heavy atom. The molecule has 4 rings (SSSR count). The number of benzene rings is 1. The fourth-order valence-corrected chi connectivity index (χ4v) is 3.78. The Labute approximate surface area is 201 Å². The Balaban J connectivity index is 1.41. The quantitative estimate of drug-likeness (QED) is 0.462. The van der Waals surface area contributed by atoms with E-state index in [0.29, 0.717) is 40.0 Å². The van der Waals surface area contributed by atoms with Crippen LogP contribution in [-0.2, 0) is 11.3 Å². The number of pyridine rings is 2. The van der Waals surface area contributed by atoms with Crippen molar-refractivity contribution in [3.63, 3.8) is 0 Å². The zero-order valence-electron chi connectivity index (χ0n) is 18.5. The average Bonchev–Trinajstić information content (AvgIpc) is 3.66. The minimum Gasteiger partial charge on any atom is -0.348 e. The first-order valence-electron chi connectivity index (χ1n) is 10.9. The maximum atomic E-state index is 12.6. The number of carbonyl (C=O) groups is 2. The van der Waals surface area contributed by atoms with Gasteiger partial charge in [-0.2, -0.15) is 0 Å². The van der Waals surface area contributed by atoms with Crippen molar-refractivity contribution in [3.8, 4) is 11.3 Å². The van der Waals surface area contributed by atoms with Crippen molar-refractivity contribution in [1.82, 2.24) is 15.3 Å². The number of hydrogen-bond donors (Lipinski definition) is 1. The minimum atomic E-state index is -2.63. The first kappa shape index (κ1) is 23.8. The number of anilines is 1. The van der Waals surface area contributed by atoms with E-state index >= 15 is 0 Å². The average molecular weight is 485 g/mol. The number of rotatable bonds is 8. The number of nitrogens with one attached hydrogen (secondary N) is 1. The summed E-state index contributed by atoms with van der Waals surface area (Å²) < 4.78 is 25.2. The molecule has 2 amide bonds. The van der Waals surface area contributed by atoms with Crippen molar-refractivity contribution < 1.29 is 18.4 Å².